The summed E-state index contributed by atoms with van der Waals surface area (Å²) >= 11 is 1.39. The number of aromatic nitrogens is 2. The third kappa shape index (κ3) is 2.84. The highest BCUT2D eigenvalue weighted by Gasteiger charge is 2.17. The van der Waals surface area contributed by atoms with E-state index in [4.69, 9.17) is 4.74 Å². The molecule has 1 fully saturated rings. The molecule has 2 aromatic heterocycles. The smallest absolute Gasteiger partial charge is 0.268 e. The third-order valence-electron chi connectivity index (χ3n) is 3.07. The summed E-state index contributed by atoms with van der Waals surface area (Å²) in [4.78, 5) is 21.1. The lowest BCUT2D eigenvalue weighted by molar-refractivity contribution is 0.0561. The molecule has 3 rings (SSSR count). The Bertz CT molecular complexity index is 624. The minimum absolute atomic E-state index is 0.0957. The van der Waals surface area contributed by atoms with Gasteiger partial charge >= 0.3 is 0 Å². The summed E-state index contributed by atoms with van der Waals surface area (Å²) in [5.74, 6) is 0.630. The number of rotatable bonds is 2. The average Bonchev–Trinajstić information content (AvgIpc) is 2.74. The maximum atomic E-state index is 11.9. The number of H-pyrrole nitrogens is 1. The first-order valence-corrected chi connectivity index (χ1v) is 7.05. The Hall–Kier alpha value is -1.28. The van der Waals surface area contributed by atoms with Crippen LogP contribution in [-0.2, 0) is 11.3 Å². The van der Waals surface area contributed by atoms with Crippen LogP contribution in [0.15, 0.2) is 16.2 Å². The quantitative estimate of drug-likeness (QED) is 0.821. The van der Waals surface area contributed by atoms with Crippen molar-refractivity contribution in [2.75, 3.05) is 26.3 Å². The van der Waals surface area contributed by atoms with E-state index in [1.54, 1.807) is 0 Å². The van der Waals surface area contributed by atoms with E-state index in [0.717, 1.165) is 12.1 Å². The monoisotopic (exact) mass is 281 g/mol. The Balaban J connectivity index is 1.82. The van der Waals surface area contributed by atoms with Crippen LogP contribution in [0.2, 0.25) is 0 Å². The molecule has 0 saturated carbocycles. The van der Waals surface area contributed by atoms with Crippen molar-refractivity contribution >= 4 is 21.6 Å². The molecule has 0 amide bonds. The number of ether oxygens (including phenoxy) is 1. The standard InChI is InChI=1S/C12H15N3O3S/c16-8-5-15(2-3-18-7-8)6-10-13-9-1-4-19-11(9)12(17)14-10/h1,4,8,16H,2-3,5-7H2,(H,13,14,17). The number of aromatic amines is 1. The molecule has 0 aromatic carbocycles. The van der Waals surface area contributed by atoms with Crippen LogP contribution in [-0.4, -0.2) is 52.4 Å². The van der Waals surface area contributed by atoms with Crippen molar-refractivity contribution in [1.82, 2.24) is 14.9 Å². The summed E-state index contributed by atoms with van der Waals surface area (Å²) in [7, 11) is 0. The van der Waals surface area contributed by atoms with Gasteiger partial charge in [0.15, 0.2) is 0 Å². The molecule has 0 spiro atoms. The largest absolute Gasteiger partial charge is 0.389 e. The molecule has 7 heteroatoms. The van der Waals surface area contributed by atoms with Crippen LogP contribution in [0.25, 0.3) is 10.2 Å². The molecule has 0 radical (unpaired) electrons. The van der Waals surface area contributed by atoms with Gasteiger partial charge in [-0.15, -0.1) is 11.3 Å². The van der Waals surface area contributed by atoms with Crippen LogP contribution >= 0.6 is 11.3 Å². The number of aliphatic hydroxyl groups excluding tert-OH is 1. The number of hydrogen-bond acceptors (Lipinski definition) is 6. The lowest BCUT2D eigenvalue weighted by Crippen LogP contribution is -2.33. The minimum atomic E-state index is -0.487. The van der Waals surface area contributed by atoms with Crippen molar-refractivity contribution in [2.45, 2.75) is 12.6 Å². The highest BCUT2D eigenvalue weighted by atomic mass is 32.1. The van der Waals surface area contributed by atoms with Crippen LogP contribution < -0.4 is 5.56 Å². The Kier molecular flexibility index (Phi) is 3.61. The number of thiophene rings is 1. The molecule has 6 nitrogen and oxygen atoms in total. The summed E-state index contributed by atoms with van der Waals surface area (Å²) in [6, 6.07) is 1.85. The summed E-state index contributed by atoms with van der Waals surface area (Å²) < 4.78 is 5.93. The van der Waals surface area contributed by atoms with E-state index in [9.17, 15) is 9.90 Å². The van der Waals surface area contributed by atoms with Crippen molar-refractivity contribution in [2.24, 2.45) is 0 Å². The predicted octanol–water partition coefficient (Wildman–Crippen LogP) is 0.178. The number of β-amino-alcohol motifs (C(OH)–C–C–N with tert-alkyl or cyclic N) is 1. The van der Waals surface area contributed by atoms with Crippen molar-refractivity contribution < 1.29 is 9.84 Å². The molecule has 1 unspecified atom stereocenters. The first-order chi connectivity index (χ1) is 9.22. The Morgan fingerprint density at radius 3 is 3.42 bits per heavy atom. The van der Waals surface area contributed by atoms with E-state index in [1.807, 2.05) is 16.3 Å². The highest BCUT2D eigenvalue weighted by Crippen LogP contribution is 2.14. The van der Waals surface area contributed by atoms with E-state index in [1.165, 1.54) is 11.3 Å². The van der Waals surface area contributed by atoms with Crippen LogP contribution in [0.1, 0.15) is 5.82 Å². The second-order valence-electron chi connectivity index (χ2n) is 4.61. The van der Waals surface area contributed by atoms with Gasteiger partial charge in [0.1, 0.15) is 10.5 Å². The van der Waals surface area contributed by atoms with Crippen molar-refractivity contribution in [3.63, 3.8) is 0 Å². The van der Waals surface area contributed by atoms with Crippen LogP contribution in [0, 0.1) is 0 Å². The molecule has 3 heterocycles. The molecule has 1 aliphatic heterocycles. The van der Waals surface area contributed by atoms with E-state index < -0.39 is 6.10 Å². The first-order valence-electron chi connectivity index (χ1n) is 6.17. The normalized spacial score (nSPS) is 21.6. The molecule has 19 heavy (non-hydrogen) atoms. The molecule has 1 aliphatic rings. The van der Waals surface area contributed by atoms with Crippen LogP contribution in [0.5, 0.6) is 0 Å². The van der Waals surface area contributed by atoms with Gasteiger partial charge < -0.3 is 14.8 Å². The fourth-order valence-corrected chi connectivity index (χ4v) is 2.93. The predicted molar refractivity (Wildman–Crippen MR) is 72.3 cm³/mol. The summed E-state index contributed by atoms with van der Waals surface area (Å²) in [5, 5.41) is 11.5. The van der Waals surface area contributed by atoms with Gasteiger partial charge in [-0.2, -0.15) is 0 Å². The van der Waals surface area contributed by atoms with Crippen LogP contribution in [0.3, 0.4) is 0 Å². The molecule has 0 bridgehead atoms. The van der Waals surface area contributed by atoms with Gasteiger partial charge in [0.2, 0.25) is 0 Å². The molecule has 102 valence electrons. The number of nitrogens with zero attached hydrogens (tertiary/aromatic N) is 2. The number of hydrogen-bond donors (Lipinski definition) is 2. The number of fused-ring (bicyclic) bond motifs is 1. The summed E-state index contributed by atoms with van der Waals surface area (Å²) in [6.07, 6.45) is -0.487. The minimum Gasteiger partial charge on any atom is -0.389 e. The van der Waals surface area contributed by atoms with Gasteiger partial charge in [0, 0.05) is 13.1 Å². The first kappa shape index (κ1) is 12.7. The molecule has 1 saturated heterocycles. The Morgan fingerprint density at radius 2 is 2.53 bits per heavy atom. The maximum Gasteiger partial charge on any atom is 0.268 e. The van der Waals surface area contributed by atoms with Gasteiger partial charge in [-0.05, 0) is 11.4 Å². The van der Waals surface area contributed by atoms with Crippen molar-refractivity contribution in [3.05, 3.63) is 27.6 Å². The zero-order valence-electron chi connectivity index (χ0n) is 10.3. The van der Waals surface area contributed by atoms with Crippen LogP contribution in [0.4, 0.5) is 0 Å². The molecular formula is C12H15N3O3S. The Labute approximate surface area is 113 Å². The maximum absolute atomic E-state index is 11.9. The van der Waals surface area contributed by atoms with Gasteiger partial charge in [0.25, 0.3) is 5.56 Å². The molecule has 0 aliphatic carbocycles. The van der Waals surface area contributed by atoms with E-state index >= 15 is 0 Å². The second-order valence-corrected chi connectivity index (χ2v) is 5.53. The van der Waals surface area contributed by atoms with Gasteiger partial charge in [0.05, 0.1) is 31.4 Å². The SMILES string of the molecule is O=c1[nH]c(CN2CCOCC(O)C2)nc2ccsc12. The second kappa shape index (κ2) is 5.38. The molecule has 2 aromatic rings. The molecule has 1 atom stereocenters. The highest BCUT2D eigenvalue weighted by molar-refractivity contribution is 7.17. The van der Waals surface area contributed by atoms with E-state index in [0.29, 0.717) is 36.8 Å². The van der Waals surface area contributed by atoms with E-state index in [2.05, 4.69) is 9.97 Å². The molecule has 2 N–H and O–H groups in total. The number of aliphatic hydroxyl groups is 1. The summed E-state index contributed by atoms with van der Waals surface area (Å²) in [5.41, 5.74) is 0.636. The number of nitrogens with one attached hydrogen (secondary N) is 1. The van der Waals surface area contributed by atoms with Gasteiger partial charge in [-0.3, -0.25) is 9.69 Å². The Morgan fingerprint density at radius 1 is 1.63 bits per heavy atom. The average molecular weight is 281 g/mol. The van der Waals surface area contributed by atoms with Crippen molar-refractivity contribution in [1.29, 1.82) is 0 Å². The fourth-order valence-electron chi connectivity index (χ4n) is 2.21. The third-order valence-corrected chi connectivity index (χ3v) is 3.97. The lowest BCUT2D eigenvalue weighted by atomic mass is 10.3. The topological polar surface area (TPSA) is 78.5 Å². The zero-order valence-corrected chi connectivity index (χ0v) is 11.2. The zero-order chi connectivity index (χ0) is 13.2. The lowest BCUT2D eigenvalue weighted by Gasteiger charge is -2.19. The van der Waals surface area contributed by atoms with Gasteiger partial charge in [-0.25, -0.2) is 4.98 Å². The molecular weight excluding hydrogens is 266 g/mol. The van der Waals surface area contributed by atoms with Gasteiger partial charge in [-0.1, -0.05) is 0 Å². The fraction of sp³-hybridized carbons (Fsp3) is 0.500. The van der Waals surface area contributed by atoms with Crippen molar-refractivity contribution in [3.8, 4) is 0 Å². The summed E-state index contributed by atoms with van der Waals surface area (Å²) in [6.45, 7) is 2.72. The van der Waals surface area contributed by atoms with E-state index in [-0.39, 0.29) is 5.56 Å².